The number of thioether (sulfide) groups is 1. The van der Waals surface area contributed by atoms with Crippen LogP contribution >= 0.6 is 11.8 Å². The van der Waals surface area contributed by atoms with Crippen molar-refractivity contribution in [2.75, 3.05) is 11.2 Å². The first-order valence-electron chi connectivity index (χ1n) is 6.87. The van der Waals surface area contributed by atoms with E-state index in [1.165, 1.54) is 5.56 Å². The minimum atomic E-state index is 0.206. The van der Waals surface area contributed by atoms with E-state index in [0.717, 1.165) is 22.3 Å². The molecular formula is C15H20N4S. The van der Waals surface area contributed by atoms with E-state index < -0.39 is 0 Å². The summed E-state index contributed by atoms with van der Waals surface area (Å²) in [6.45, 7) is 8.88. The van der Waals surface area contributed by atoms with Gasteiger partial charge in [0.05, 0.1) is 6.04 Å². The summed E-state index contributed by atoms with van der Waals surface area (Å²) in [4.78, 5) is 0. The van der Waals surface area contributed by atoms with Crippen LogP contribution in [0.1, 0.15) is 26.3 Å². The lowest BCUT2D eigenvalue weighted by Crippen LogP contribution is -2.43. The number of benzene rings is 1. The van der Waals surface area contributed by atoms with Crippen LogP contribution < -0.4 is 5.43 Å². The second-order valence-corrected chi connectivity index (χ2v) is 7.30. The van der Waals surface area contributed by atoms with Gasteiger partial charge in [0.25, 0.3) is 0 Å². The molecule has 0 radical (unpaired) electrons. The Morgan fingerprint density at radius 1 is 1.25 bits per heavy atom. The first-order valence-corrected chi connectivity index (χ1v) is 7.86. The number of hydrogen-bond acceptors (Lipinski definition) is 4. The molecule has 1 unspecified atom stereocenters. The fourth-order valence-electron chi connectivity index (χ4n) is 2.27. The number of rotatable bonds is 1. The van der Waals surface area contributed by atoms with Crippen LogP contribution in [0.3, 0.4) is 0 Å². The standard InChI is InChI=1S/C15H20N4S/c1-10-7-5-6-8-11(10)13-16-17-14-19(13)18-12(9-20-14)15(2,3)4/h5-8,12,18H,9H2,1-4H3. The molecule has 5 heteroatoms. The first-order chi connectivity index (χ1) is 9.47. The van der Waals surface area contributed by atoms with E-state index in [9.17, 15) is 0 Å². The highest BCUT2D eigenvalue weighted by Crippen LogP contribution is 2.33. The molecule has 0 bridgehead atoms. The Hall–Kier alpha value is -1.49. The second-order valence-electron chi connectivity index (χ2n) is 6.32. The predicted molar refractivity (Wildman–Crippen MR) is 83.5 cm³/mol. The van der Waals surface area contributed by atoms with Crippen LogP contribution in [0, 0.1) is 12.3 Å². The summed E-state index contributed by atoms with van der Waals surface area (Å²) in [5.41, 5.74) is 6.14. The molecule has 0 saturated carbocycles. The lowest BCUT2D eigenvalue weighted by Gasteiger charge is -2.35. The van der Waals surface area contributed by atoms with Crippen LogP contribution in [0.25, 0.3) is 11.4 Å². The van der Waals surface area contributed by atoms with E-state index in [2.05, 4.69) is 55.5 Å². The minimum absolute atomic E-state index is 0.206. The molecular weight excluding hydrogens is 268 g/mol. The summed E-state index contributed by atoms with van der Waals surface area (Å²) in [6, 6.07) is 8.69. The summed E-state index contributed by atoms with van der Waals surface area (Å²) in [5, 5.41) is 9.63. The third-order valence-electron chi connectivity index (χ3n) is 3.73. The van der Waals surface area contributed by atoms with Crippen LogP contribution in [-0.4, -0.2) is 26.7 Å². The van der Waals surface area contributed by atoms with Gasteiger partial charge in [-0.05, 0) is 17.9 Å². The van der Waals surface area contributed by atoms with Crippen molar-refractivity contribution >= 4 is 11.8 Å². The van der Waals surface area contributed by atoms with Crippen molar-refractivity contribution in [3.8, 4) is 11.4 Å². The summed E-state index contributed by atoms with van der Waals surface area (Å²) in [6.07, 6.45) is 0. The van der Waals surface area contributed by atoms with E-state index >= 15 is 0 Å². The van der Waals surface area contributed by atoms with Crippen LogP contribution in [0.15, 0.2) is 29.4 Å². The van der Waals surface area contributed by atoms with Gasteiger partial charge in [-0.2, -0.15) is 0 Å². The number of aromatic nitrogens is 3. The van der Waals surface area contributed by atoms with E-state index in [0.29, 0.717) is 6.04 Å². The van der Waals surface area contributed by atoms with Crippen molar-refractivity contribution in [1.29, 1.82) is 0 Å². The van der Waals surface area contributed by atoms with Gasteiger partial charge >= 0.3 is 0 Å². The van der Waals surface area contributed by atoms with E-state index in [1.54, 1.807) is 11.8 Å². The SMILES string of the molecule is Cc1ccccc1-c1nnc2n1NC(C(C)(C)C)CS2. The van der Waals surface area contributed by atoms with E-state index in [4.69, 9.17) is 0 Å². The van der Waals surface area contributed by atoms with Crippen molar-refractivity contribution < 1.29 is 0 Å². The maximum absolute atomic E-state index is 4.38. The van der Waals surface area contributed by atoms with Crippen molar-refractivity contribution in [2.45, 2.75) is 38.9 Å². The Bertz CT molecular complexity index is 627. The molecule has 4 nitrogen and oxygen atoms in total. The van der Waals surface area contributed by atoms with Crippen LogP contribution in [-0.2, 0) is 0 Å². The smallest absolute Gasteiger partial charge is 0.210 e. The Balaban J connectivity index is 2.02. The van der Waals surface area contributed by atoms with Gasteiger partial charge in [0.15, 0.2) is 5.82 Å². The van der Waals surface area contributed by atoms with Gasteiger partial charge in [-0.25, -0.2) is 4.68 Å². The highest BCUT2D eigenvalue weighted by molar-refractivity contribution is 7.99. The third kappa shape index (κ3) is 2.30. The quantitative estimate of drug-likeness (QED) is 0.874. The van der Waals surface area contributed by atoms with E-state index in [-0.39, 0.29) is 5.41 Å². The highest BCUT2D eigenvalue weighted by atomic mass is 32.2. The maximum atomic E-state index is 4.38. The summed E-state index contributed by atoms with van der Waals surface area (Å²) >= 11 is 1.77. The molecule has 0 spiro atoms. The highest BCUT2D eigenvalue weighted by Gasteiger charge is 2.31. The Morgan fingerprint density at radius 2 is 2.00 bits per heavy atom. The molecule has 20 heavy (non-hydrogen) atoms. The van der Waals surface area contributed by atoms with Crippen molar-refractivity contribution in [3.63, 3.8) is 0 Å². The number of nitrogens with one attached hydrogen (secondary N) is 1. The van der Waals surface area contributed by atoms with Crippen LogP contribution in [0.5, 0.6) is 0 Å². The predicted octanol–water partition coefficient (Wildman–Crippen LogP) is 3.32. The van der Waals surface area contributed by atoms with Crippen molar-refractivity contribution in [1.82, 2.24) is 14.9 Å². The number of aryl methyl sites for hydroxylation is 1. The lowest BCUT2D eigenvalue weighted by atomic mass is 9.88. The zero-order valence-corrected chi connectivity index (χ0v) is 13.2. The van der Waals surface area contributed by atoms with Gasteiger partial charge in [0, 0.05) is 11.3 Å². The van der Waals surface area contributed by atoms with Crippen LogP contribution in [0.2, 0.25) is 0 Å². The minimum Gasteiger partial charge on any atom is -0.318 e. The van der Waals surface area contributed by atoms with Gasteiger partial charge in [-0.1, -0.05) is 56.8 Å². The fraction of sp³-hybridized carbons (Fsp3) is 0.467. The Morgan fingerprint density at radius 3 is 2.70 bits per heavy atom. The zero-order valence-electron chi connectivity index (χ0n) is 12.3. The van der Waals surface area contributed by atoms with Crippen LogP contribution in [0.4, 0.5) is 0 Å². The van der Waals surface area contributed by atoms with Gasteiger partial charge in [0.2, 0.25) is 5.16 Å². The molecule has 1 aromatic carbocycles. The maximum Gasteiger partial charge on any atom is 0.210 e. The number of nitrogens with zero attached hydrogens (tertiary/aromatic N) is 3. The molecule has 2 aromatic rings. The average Bonchev–Trinajstić information content (AvgIpc) is 2.81. The molecule has 1 N–H and O–H groups in total. The topological polar surface area (TPSA) is 42.7 Å². The average molecular weight is 288 g/mol. The molecule has 1 aliphatic heterocycles. The summed E-state index contributed by atoms with van der Waals surface area (Å²) < 4.78 is 2.05. The van der Waals surface area contributed by atoms with Crippen molar-refractivity contribution in [2.24, 2.45) is 5.41 Å². The molecule has 0 saturated heterocycles. The molecule has 0 fully saturated rings. The molecule has 106 valence electrons. The Kier molecular flexibility index (Phi) is 3.24. The third-order valence-corrected chi connectivity index (χ3v) is 4.75. The molecule has 0 amide bonds. The molecule has 3 rings (SSSR count). The Labute approximate surface area is 124 Å². The monoisotopic (exact) mass is 288 g/mol. The van der Waals surface area contributed by atoms with Gasteiger partial charge < -0.3 is 5.43 Å². The number of hydrogen-bond donors (Lipinski definition) is 1. The second kappa shape index (κ2) is 4.81. The first kappa shape index (κ1) is 13.5. The summed E-state index contributed by atoms with van der Waals surface area (Å²) in [5.74, 6) is 1.93. The largest absolute Gasteiger partial charge is 0.318 e. The molecule has 2 heterocycles. The lowest BCUT2D eigenvalue weighted by molar-refractivity contribution is 0.337. The normalized spacial score (nSPS) is 18.5. The number of fused-ring (bicyclic) bond motifs is 1. The van der Waals surface area contributed by atoms with E-state index in [1.807, 2.05) is 16.8 Å². The van der Waals surface area contributed by atoms with Gasteiger partial charge in [0.1, 0.15) is 0 Å². The van der Waals surface area contributed by atoms with Gasteiger partial charge in [-0.3, -0.25) is 0 Å². The summed E-state index contributed by atoms with van der Waals surface area (Å²) in [7, 11) is 0. The molecule has 1 atom stereocenters. The van der Waals surface area contributed by atoms with Crippen molar-refractivity contribution in [3.05, 3.63) is 29.8 Å². The molecule has 1 aromatic heterocycles. The zero-order chi connectivity index (χ0) is 14.3. The fourth-order valence-corrected chi connectivity index (χ4v) is 3.53. The molecule has 1 aliphatic rings. The molecule has 0 aliphatic carbocycles. The van der Waals surface area contributed by atoms with Gasteiger partial charge in [-0.15, -0.1) is 10.2 Å².